The Hall–Kier alpha value is -0.0800. The zero-order valence-electron chi connectivity index (χ0n) is 10.3. The molecule has 1 fully saturated rings. The van der Waals surface area contributed by atoms with Crippen LogP contribution in [-0.4, -0.2) is 23.8 Å². The van der Waals surface area contributed by atoms with Crippen LogP contribution >= 0.6 is 0 Å². The summed E-state index contributed by atoms with van der Waals surface area (Å²) in [5.41, 5.74) is 0.0359. The molecule has 0 aromatic heterocycles. The van der Waals surface area contributed by atoms with Gasteiger partial charge in [0.15, 0.2) is 0 Å². The SMILES string of the molecule is CCC1NCC(CC)(CC)OC1(C)C. The predicted octanol–water partition coefficient (Wildman–Crippen LogP) is 2.72. The Balaban J connectivity index is 2.74. The zero-order valence-corrected chi connectivity index (χ0v) is 10.3. The van der Waals surface area contributed by atoms with Gasteiger partial charge in [0.25, 0.3) is 0 Å². The fourth-order valence-electron chi connectivity index (χ4n) is 2.50. The summed E-state index contributed by atoms with van der Waals surface area (Å²) < 4.78 is 6.30. The number of hydrogen-bond donors (Lipinski definition) is 1. The summed E-state index contributed by atoms with van der Waals surface area (Å²) in [6.45, 7) is 12.1. The van der Waals surface area contributed by atoms with E-state index in [1.165, 1.54) is 0 Å². The Morgan fingerprint density at radius 2 is 1.79 bits per heavy atom. The average Bonchev–Trinajstić information content (AvgIpc) is 2.16. The van der Waals surface area contributed by atoms with E-state index in [0.717, 1.165) is 25.8 Å². The van der Waals surface area contributed by atoms with Gasteiger partial charge in [0.05, 0.1) is 11.2 Å². The first-order chi connectivity index (χ1) is 6.49. The number of rotatable bonds is 3. The van der Waals surface area contributed by atoms with Crippen LogP contribution in [0.5, 0.6) is 0 Å². The number of ether oxygens (including phenoxy) is 1. The molecule has 0 aromatic rings. The van der Waals surface area contributed by atoms with E-state index in [4.69, 9.17) is 4.74 Å². The van der Waals surface area contributed by atoms with Gasteiger partial charge in [-0.1, -0.05) is 20.8 Å². The summed E-state index contributed by atoms with van der Waals surface area (Å²) in [4.78, 5) is 0. The van der Waals surface area contributed by atoms with Gasteiger partial charge in [-0.2, -0.15) is 0 Å². The fraction of sp³-hybridized carbons (Fsp3) is 1.00. The van der Waals surface area contributed by atoms with Gasteiger partial charge < -0.3 is 10.1 Å². The Bertz CT molecular complexity index is 185. The van der Waals surface area contributed by atoms with E-state index in [9.17, 15) is 0 Å². The number of hydrogen-bond acceptors (Lipinski definition) is 2. The van der Waals surface area contributed by atoms with E-state index in [1.54, 1.807) is 0 Å². The van der Waals surface area contributed by atoms with Crippen molar-refractivity contribution in [1.29, 1.82) is 0 Å². The minimum Gasteiger partial charge on any atom is -0.366 e. The van der Waals surface area contributed by atoms with Crippen LogP contribution in [-0.2, 0) is 4.74 Å². The molecule has 1 atom stereocenters. The number of nitrogens with one attached hydrogen (secondary N) is 1. The summed E-state index contributed by atoms with van der Waals surface area (Å²) >= 11 is 0. The van der Waals surface area contributed by atoms with Gasteiger partial charge in [-0.3, -0.25) is 0 Å². The molecule has 1 aliphatic heterocycles. The van der Waals surface area contributed by atoms with Crippen LogP contribution in [0.25, 0.3) is 0 Å². The van der Waals surface area contributed by atoms with Gasteiger partial charge >= 0.3 is 0 Å². The van der Waals surface area contributed by atoms with E-state index in [0.29, 0.717) is 6.04 Å². The Morgan fingerprint density at radius 1 is 1.21 bits per heavy atom. The van der Waals surface area contributed by atoms with Crippen molar-refractivity contribution >= 4 is 0 Å². The standard InChI is InChI=1S/C12H25NO/c1-6-10-11(4,5)14-12(7-2,8-3)9-13-10/h10,13H,6-9H2,1-5H3. The van der Waals surface area contributed by atoms with Crippen molar-refractivity contribution in [3.05, 3.63) is 0 Å². The lowest BCUT2D eigenvalue weighted by molar-refractivity contribution is -0.185. The normalized spacial score (nSPS) is 30.2. The van der Waals surface area contributed by atoms with Crippen LogP contribution < -0.4 is 5.32 Å². The van der Waals surface area contributed by atoms with Crippen LogP contribution in [0.1, 0.15) is 53.9 Å². The second kappa shape index (κ2) is 4.19. The van der Waals surface area contributed by atoms with E-state index >= 15 is 0 Å². The van der Waals surface area contributed by atoms with Crippen molar-refractivity contribution in [2.24, 2.45) is 0 Å². The first-order valence-electron chi connectivity index (χ1n) is 5.93. The highest BCUT2D eigenvalue weighted by molar-refractivity contribution is 4.97. The fourth-order valence-corrected chi connectivity index (χ4v) is 2.50. The molecule has 1 N–H and O–H groups in total. The molecule has 0 aromatic carbocycles. The molecule has 0 amide bonds. The highest BCUT2D eigenvalue weighted by Gasteiger charge is 2.43. The van der Waals surface area contributed by atoms with Crippen molar-refractivity contribution in [3.63, 3.8) is 0 Å². The Labute approximate surface area is 88.4 Å². The van der Waals surface area contributed by atoms with Gasteiger partial charge in [0.2, 0.25) is 0 Å². The van der Waals surface area contributed by atoms with Crippen molar-refractivity contribution in [3.8, 4) is 0 Å². The molecule has 1 aliphatic rings. The first-order valence-corrected chi connectivity index (χ1v) is 5.93. The Kier molecular flexibility index (Phi) is 3.59. The number of morpholine rings is 1. The second-order valence-corrected chi connectivity index (χ2v) is 4.94. The maximum absolute atomic E-state index is 6.30. The topological polar surface area (TPSA) is 21.3 Å². The quantitative estimate of drug-likeness (QED) is 0.754. The second-order valence-electron chi connectivity index (χ2n) is 4.94. The van der Waals surface area contributed by atoms with Crippen LogP contribution in [0.4, 0.5) is 0 Å². The molecule has 0 radical (unpaired) electrons. The zero-order chi connectivity index (χ0) is 10.8. The lowest BCUT2D eigenvalue weighted by Gasteiger charge is -2.49. The average molecular weight is 199 g/mol. The lowest BCUT2D eigenvalue weighted by Crippen LogP contribution is -2.63. The Morgan fingerprint density at radius 3 is 2.14 bits per heavy atom. The van der Waals surface area contributed by atoms with Gasteiger partial charge in [0, 0.05) is 12.6 Å². The van der Waals surface area contributed by atoms with E-state index in [1.807, 2.05) is 0 Å². The minimum atomic E-state index is -0.0288. The maximum Gasteiger partial charge on any atom is 0.0809 e. The van der Waals surface area contributed by atoms with Gasteiger partial charge in [-0.15, -0.1) is 0 Å². The summed E-state index contributed by atoms with van der Waals surface area (Å²) in [7, 11) is 0. The highest BCUT2D eigenvalue weighted by Crippen LogP contribution is 2.33. The van der Waals surface area contributed by atoms with Crippen LogP contribution in [0.2, 0.25) is 0 Å². The summed E-state index contributed by atoms with van der Waals surface area (Å²) in [6, 6.07) is 0.494. The van der Waals surface area contributed by atoms with Crippen molar-refractivity contribution in [1.82, 2.24) is 5.32 Å². The highest BCUT2D eigenvalue weighted by atomic mass is 16.5. The molecule has 1 rings (SSSR count). The van der Waals surface area contributed by atoms with E-state index < -0.39 is 0 Å². The van der Waals surface area contributed by atoms with E-state index in [-0.39, 0.29) is 11.2 Å². The predicted molar refractivity (Wildman–Crippen MR) is 60.6 cm³/mol. The molecule has 1 heterocycles. The molecule has 1 saturated heterocycles. The van der Waals surface area contributed by atoms with Crippen LogP contribution in [0, 0.1) is 0 Å². The third kappa shape index (κ3) is 2.12. The first kappa shape index (κ1) is 12.0. The molecule has 14 heavy (non-hydrogen) atoms. The molecule has 2 heteroatoms. The molecule has 84 valence electrons. The van der Waals surface area contributed by atoms with Gasteiger partial charge in [-0.25, -0.2) is 0 Å². The molecular weight excluding hydrogens is 174 g/mol. The lowest BCUT2D eigenvalue weighted by atomic mass is 9.87. The van der Waals surface area contributed by atoms with Crippen molar-refractivity contribution in [2.45, 2.75) is 71.1 Å². The largest absolute Gasteiger partial charge is 0.366 e. The summed E-state index contributed by atoms with van der Waals surface area (Å²) in [5.74, 6) is 0. The molecule has 0 aliphatic carbocycles. The molecular formula is C12H25NO. The molecule has 1 unspecified atom stereocenters. The molecule has 0 bridgehead atoms. The van der Waals surface area contributed by atoms with Crippen molar-refractivity contribution in [2.75, 3.05) is 6.54 Å². The van der Waals surface area contributed by atoms with Crippen LogP contribution in [0.3, 0.4) is 0 Å². The minimum absolute atomic E-state index is 0.0288. The molecule has 0 saturated carbocycles. The molecule has 2 nitrogen and oxygen atoms in total. The smallest absolute Gasteiger partial charge is 0.0809 e. The van der Waals surface area contributed by atoms with Gasteiger partial charge in [-0.05, 0) is 33.1 Å². The molecule has 0 spiro atoms. The summed E-state index contributed by atoms with van der Waals surface area (Å²) in [6.07, 6.45) is 3.32. The third-order valence-electron chi connectivity index (χ3n) is 3.69. The van der Waals surface area contributed by atoms with Crippen LogP contribution in [0.15, 0.2) is 0 Å². The van der Waals surface area contributed by atoms with E-state index in [2.05, 4.69) is 39.9 Å². The monoisotopic (exact) mass is 199 g/mol. The summed E-state index contributed by atoms with van der Waals surface area (Å²) in [5, 5.41) is 3.63. The van der Waals surface area contributed by atoms with Gasteiger partial charge in [0.1, 0.15) is 0 Å². The maximum atomic E-state index is 6.30. The van der Waals surface area contributed by atoms with Crippen molar-refractivity contribution < 1.29 is 4.74 Å². The third-order valence-corrected chi connectivity index (χ3v) is 3.69.